The molecule has 7 nitrogen and oxygen atoms in total. The molecule has 0 aliphatic rings. The molecule has 0 bridgehead atoms. The molecule has 2 aromatic heterocycles. The fourth-order valence-electron chi connectivity index (χ4n) is 2.65. The summed E-state index contributed by atoms with van der Waals surface area (Å²) >= 11 is 6.31. The van der Waals surface area contributed by atoms with Crippen LogP contribution < -0.4 is 5.43 Å². The zero-order valence-electron chi connectivity index (χ0n) is 14.2. The highest BCUT2D eigenvalue weighted by atomic mass is 35.5. The van der Waals surface area contributed by atoms with Crippen molar-refractivity contribution in [1.29, 1.82) is 0 Å². The second-order valence-electron chi connectivity index (χ2n) is 5.64. The van der Waals surface area contributed by atoms with Gasteiger partial charge in [-0.05, 0) is 38.1 Å². The molecule has 0 aliphatic carbocycles. The molecule has 0 aliphatic heterocycles. The van der Waals surface area contributed by atoms with E-state index in [1.54, 1.807) is 6.21 Å². The summed E-state index contributed by atoms with van der Waals surface area (Å²) in [6.07, 6.45) is 2.86. The van der Waals surface area contributed by atoms with Crippen molar-refractivity contribution < 1.29 is 4.92 Å². The lowest BCUT2D eigenvalue weighted by Gasteiger charge is -2.11. The molecule has 8 heteroatoms. The number of hydrogen-bond acceptors (Lipinski definition) is 5. The first kappa shape index (κ1) is 17.6. The average molecular weight is 370 g/mol. The lowest BCUT2D eigenvalue weighted by atomic mass is 10.2. The van der Waals surface area contributed by atoms with Crippen LogP contribution in [-0.2, 0) is 0 Å². The minimum atomic E-state index is -0.496. The maximum atomic E-state index is 10.6. The van der Waals surface area contributed by atoms with E-state index in [1.165, 1.54) is 18.3 Å². The monoisotopic (exact) mass is 369 g/mol. The van der Waals surface area contributed by atoms with E-state index in [9.17, 15) is 10.1 Å². The predicted molar refractivity (Wildman–Crippen MR) is 102 cm³/mol. The summed E-state index contributed by atoms with van der Waals surface area (Å²) < 4.78 is 2.06. The Hall–Kier alpha value is -3.19. The number of hydrogen-bond donors (Lipinski definition) is 1. The van der Waals surface area contributed by atoms with Gasteiger partial charge in [-0.15, -0.1) is 0 Å². The second-order valence-corrected chi connectivity index (χ2v) is 6.05. The number of aryl methyl sites for hydroxylation is 1. The summed E-state index contributed by atoms with van der Waals surface area (Å²) in [4.78, 5) is 14.1. The molecule has 2 heterocycles. The molecule has 3 rings (SSSR count). The Balaban J connectivity index is 1.80. The van der Waals surface area contributed by atoms with E-state index in [2.05, 4.69) is 20.1 Å². The van der Waals surface area contributed by atoms with Crippen LogP contribution in [-0.4, -0.2) is 20.7 Å². The molecule has 1 aromatic carbocycles. The van der Waals surface area contributed by atoms with Gasteiger partial charge < -0.3 is 4.57 Å². The second kappa shape index (κ2) is 7.37. The number of rotatable bonds is 5. The molecule has 0 amide bonds. The third kappa shape index (κ3) is 3.57. The predicted octanol–water partition coefficient (Wildman–Crippen LogP) is 4.50. The molecule has 26 heavy (non-hydrogen) atoms. The van der Waals surface area contributed by atoms with Gasteiger partial charge in [0, 0.05) is 23.0 Å². The van der Waals surface area contributed by atoms with Crippen LogP contribution in [0.1, 0.15) is 17.0 Å². The van der Waals surface area contributed by atoms with Gasteiger partial charge in [-0.2, -0.15) is 5.10 Å². The van der Waals surface area contributed by atoms with Crippen LogP contribution in [0.25, 0.3) is 5.69 Å². The van der Waals surface area contributed by atoms with Crippen LogP contribution in [0.5, 0.6) is 0 Å². The van der Waals surface area contributed by atoms with E-state index in [1.807, 2.05) is 44.2 Å². The largest absolute Gasteiger partial charge is 0.316 e. The Morgan fingerprint density at radius 3 is 2.69 bits per heavy atom. The van der Waals surface area contributed by atoms with Crippen molar-refractivity contribution in [2.24, 2.45) is 5.10 Å². The van der Waals surface area contributed by atoms with E-state index in [0.29, 0.717) is 10.8 Å². The molecular formula is C18H16ClN5O2. The van der Waals surface area contributed by atoms with Gasteiger partial charge in [0.1, 0.15) is 12.0 Å². The maximum absolute atomic E-state index is 10.6. The molecule has 0 saturated heterocycles. The van der Waals surface area contributed by atoms with Crippen molar-refractivity contribution >= 4 is 29.3 Å². The van der Waals surface area contributed by atoms with Crippen LogP contribution in [0.4, 0.5) is 11.5 Å². The number of benzene rings is 1. The highest BCUT2D eigenvalue weighted by molar-refractivity contribution is 6.32. The highest BCUT2D eigenvalue weighted by Gasteiger charge is 2.11. The number of nitrogens with zero attached hydrogens (tertiary/aromatic N) is 4. The third-order valence-corrected chi connectivity index (χ3v) is 4.22. The summed E-state index contributed by atoms with van der Waals surface area (Å²) in [5.74, 6) is 0.423. The zero-order chi connectivity index (χ0) is 18.7. The molecular weight excluding hydrogens is 354 g/mol. The molecule has 3 aromatic rings. The van der Waals surface area contributed by atoms with Crippen molar-refractivity contribution in [3.05, 3.63) is 80.7 Å². The smallest absolute Gasteiger partial charge is 0.287 e. The van der Waals surface area contributed by atoms with Gasteiger partial charge in [0.05, 0.1) is 21.8 Å². The van der Waals surface area contributed by atoms with Crippen molar-refractivity contribution in [2.45, 2.75) is 13.8 Å². The Labute approximate surface area is 155 Å². The maximum Gasteiger partial charge on any atom is 0.287 e. The molecule has 1 N–H and O–H groups in total. The fraction of sp³-hybridized carbons (Fsp3) is 0.111. The number of nitrogens with one attached hydrogen (secondary N) is 1. The topological polar surface area (TPSA) is 85.3 Å². The summed E-state index contributed by atoms with van der Waals surface area (Å²) in [6.45, 7) is 3.99. The standard InChI is InChI=1S/C18H16ClN5O2/c1-12-9-14(13(2)23(12)17-6-4-3-5-16(17)19)10-21-22-18-8-7-15(11-20-18)24(25)26/h3-11H,1-2H3,(H,20,22)/b21-10+. The van der Waals surface area contributed by atoms with Crippen LogP contribution in [0, 0.1) is 24.0 Å². The van der Waals surface area contributed by atoms with Crippen LogP contribution >= 0.6 is 11.6 Å². The molecule has 0 saturated carbocycles. The van der Waals surface area contributed by atoms with Crippen LogP contribution in [0.3, 0.4) is 0 Å². The van der Waals surface area contributed by atoms with Crippen molar-refractivity contribution in [3.63, 3.8) is 0 Å². The number of hydrazone groups is 1. The first-order chi connectivity index (χ1) is 12.5. The molecule has 0 atom stereocenters. The number of anilines is 1. The minimum absolute atomic E-state index is 0.0668. The molecule has 132 valence electrons. The highest BCUT2D eigenvalue weighted by Crippen LogP contribution is 2.25. The first-order valence-electron chi connectivity index (χ1n) is 7.80. The minimum Gasteiger partial charge on any atom is -0.316 e. The average Bonchev–Trinajstić information content (AvgIpc) is 2.90. The first-order valence-corrected chi connectivity index (χ1v) is 8.18. The molecule has 0 spiro atoms. The Bertz CT molecular complexity index is 980. The van der Waals surface area contributed by atoms with Crippen molar-refractivity contribution in [3.8, 4) is 5.69 Å². The summed E-state index contributed by atoms with van der Waals surface area (Å²) in [5.41, 5.74) is 6.57. The fourth-order valence-corrected chi connectivity index (χ4v) is 2.87. The Kier molecular flexibility index (Phi) is 4.99. The van der Waals surface area contributed by atoms with E-state index in [4.69, 9.17) is 11.6 Å². The van der Waals surface area contributed by atoms with Crippen LogP contribution in [0.2, 0.25) is 5.02 Å². The van der Waals surface area contributed by atoms with Gasteiger partial charge in [-0.3, -0.25) is 15.5 Å². The van der Waals surface area contributed by atoms with Gasteiger partial charge in [-0.1, -0.05) is 23.7 Å². The number of halogens is 1. The van der Waals surface area contributed by atoms with E-state index < -0.39 is 4.92 Å². The lowest BCUT2D eigenvalue weighted by molar-refractivity contribution is -0.385. The van der Waals surface area contributed by atoms with Crippen molar-refractivity contribution in [2.75, 3.05) is 5.43 Å². The zero-order valence-corrected chi connectivity index (χ0v) is 14.9. The summed E-state index contributed by atoms with van der Waals surface area (Å²) in [7, 11) is 0. The summed E-state index contributed by atoms with van der Waals surface area (Å²) in [5, 5.41) is 15.5. The number of nitro groups is 1. The Morgan fingerprint density at radius 1 is 1.27 bits per heavy atom. The summed E-state index contributed by atoms with van der Waals surface area (Å²) in [6, 6.07) is 12.5. The van der Waals surface area contributed by atoms with Crippen LogP contribution in [0.15, 0.2) is 53.8 Å². The van der Waals surface area contributed by atoms with Gasteiger partial charge in [0.15, 0.2) is 0 Å². The van der Waals surface area contributed by atoms with E-state index in [0.717, 1.165) is 22.6 Å². The van der Waals surface area contributed by atoms with Crippen molar-refractivity contribution in [1.82, 2.24) is 9.55 Å². The quantitative estimate of drug-likeness (QED) is 0.407. The molecule has 0 unspecified atom stereocenters. The third-order valence-electron chi connectivity index (χ3n) is 3.91. The normalized spacial score (nSPS) is 11.0. The van der Waals surface area contributed by atoms with E-state index >= 15 is 0 Å². The van der Waals surface area contributed by atoms with Gasteiger partial charge >= 0.3 is 0 Å². The Morgan fingerprint density at radius 2 is 2.04 bits per heavy atom. The number of para-hydroxylation sites is 1. The number of aromatic nitrogens is 2. The van der Waals surface area contributed by atoms with E-state index in [-0.39, 0.29) is 5.69 Å². The lowest BCUT2D eigenvalue weighted by Crippen LogP contribution is -2.00. The number of pyridine rings is 1. The van der Waals surface area contributed by atoms with Gasteiger partial charge in [0.2, 0.25) is 0 Å². The SMILES string of the molecule is Cc1cc(/C=N/Nc2ccc([N+](=O)[O-])cn2)c(C)n1-c1ccccc1Cl. The van der Waals surface area contributed by atoms with Gasteiger partial charge in [-0.25, -0.2) is 4.98 Å². The molecule has 0 radical (unpaired) electrons. The van der Waals surface area contributed by atoms with Gasteiger partial charge in [0.25, 0.3) is 5.69 Å². The molecule has 0 fully saturated rings.